The average molecular weight is 338 g/mol. The summed E-state index contributed by atoms with van der Waals surface area (Å²) >= 11 is 5.29. The first-order valence-electron chi connectivity index (χ1n) is 6.45. The molecule has 1 aliphatic heterocycles. The first kappa shape index (κ1) is 13.2. The Hall–Kier alpha value is -0.840. The molecule has 1 N–H and O–H groups in total. The van der Waals surface area contributed by atoms with E-state index in [0.717, 1.165) is 29.7 Å². The Labute approximate surface area is 125 Å². The number of thiophene rings is 1. The Bertz CT molecular complexity index is 581. The van der Waals surface area contributed by atoms with Gasteiger partial charge >= 0.3 is 0 Å². The van der Waals surface area contributed by atoms with Gasteiger partial charge in [-0.3, -0.25) is 0 Å². The predicted octanol–water partition coefficient (Wildman–Crippen LogP) is 4.14. The monoisotopic (exact) mass is 337 g/mol. The molecule has 0 saturated carbocycles. The maximum Gasteiger partial charge on any atom is 0.127 e. The van der Waals surface area contributed by atoms with E-state index in [9.17, 15) is 0 Å². The topological polar surface area (TPSA) is 21.3 Å². The van der Waals surface area contributed by atoms with Crippen LogP contribution in [0.15, 0.2) is 34.1 Å². The summed E-state index contributed by atoms with van der Waals surface area (Å²) in [6.07, 6.45) is 2.24. The molecule has 0 fully saturated rings. The summed E-state index contributed by atoms with van der Waals surface area (Å²) in [7, 11) is 2.00. The molecule has 1 atom stereocenters. The highest BCUT2D eigenvalue weighted by atomic mass is 79.9. The van der Waals surface area contributed by atoms with E-state index >= 15 is 0 Å². The van der Waals surface area contributed by atoms with Crippen LogP contribution in [0.25, 0.3) is 0 Å². The molecule has 1 unspecified atom stereocenters. The van der Waals surface area contributed by atoms with Crippen LogP contribution >= 0.6 is 27.3 Å². The van der Waals surface area contributed by atoms with Crippen molar-refractivity contribution in [3.8, 4) is 5.75 Å². The largest absolute Gasteiger partial charge is 0.493 e. The maximum absolute atomic E-state index is 5.92. The highest BCUT2D eigenvalue weighted by Gasteiger charge is 2.22. The van der Waals surface area contributed by atoms with Crippen LogP contribution in [0.1, 0.15) is 28.5 Å². The summed E-state index contributed by atoms with van der Waals surface area (Å²) < 4.78 is 7.06. The molecule has 1 aliphatic rings. The number of aryl methyl sites for hydroxylation is 1. The zero-order valence-electron chi connectivity index (χ0n) is 10.8. The normalized spacial score (nSPS) is 15.7. The van der Waals surface area contributed by atoms with E-state index in [4.69, 9.17) is 4.74 Å². The second-order valence-corrected chi connectivity index (χ2v) is 6.53. The van der Waals surface area contributed by atoms with Crippen molar-refractivity contribution in [3.63, 3.8) is 0 Å². The number of fused-ring (bicyclic) bond motifs is 1. The van der Waals surface area contributed by atoms with Gasteiger partial charge in [-0.05, 0) is 47.4 Å². The lowest BCUT2D eigenvalue weighted by atomic mass is 9.97. The van der Waals surface area contributed by atoms with Crippen LogP contribution in [0.4, 0.5) is 0 Å². The molecule has 2 heterocycles. The van der Waals surface area contributed by atoms with E-state index in [1.807, 2.05) is 7.05 Å². The van der Waals surface area contributed by atoms with Crippen LogP contribution < -0.4 is 10.1 Å². The lowest BCUT2D eigenvalue weighted by Gasteiger charge is -2.24. The summed E-state index contributed by atoms with van der Waals surface area (Å²) in [5, 5.41) is 5.53. The van der Waals surface area contributed by atoms with Gasteiger partial charge in [-0.1, -0.05) is 18.2 Å². The third-order valence-electron chi connectivity index (χ3n) is 3.44. The SMILES string of the molecule is CNC(c1cc(Br)cs1)c1cccc2c1OCCC2. The van der Waals surface area contributed by atoms with E-state index in [1.54, 1.807) is 11.3 Å². The number of rotatable bonds is 3. The Morgan fingerprint density at radius 1 is 1.42 bits per heavy atom. The van der Waals surface area contributed by atoms with Gasteiger partial charge in [0, 0.05) is 20.3 Å². The third-order valence-corrected chi connectivity index (χ3v) is 5.19. The second-order valence-electron chi connectivity index (χ2n) is 4.68. The van der Waals surface area contributed by atoms with Gasteiger partial charge in [0.05, 0.1) is 12.6 Å². The molecule has 0 spiro atoms. The van der Waals surface area contributed by atoms with E-state index < -0.39 is 0 Å². The van der Waals surface area contributed by atoms with Crippen LogP contribution in [0, 0.1) is 0 Å². The molecule has 0 aliphatic carbocycles. The Kier molecular flexibility index (Phi) is 3.91. The fraction of sp³-hybridized carbons (Fsp3) is 0.333. The molecular weight excluding hydrogens is 322 g/mol. The van der Waals surface area contributed by atoms with Crippen LogP contribution in [-0.2, 0) is 6.42 Å². The van der Waals surface area contributed by atoms with Gasteiger partial charge in [0.1, 0.15) is 5.75 Å². The molecule has 19 heavy (non-hydrogen) atoms. The van der Waals surface area contributed by atoms with Gasteiger partial charge in [-0.25, -0.2) is 0 Å². The third kappa shape index (κ3) is 2.57. The molecule has 100 valence electrons. The smallest absolute Gasteiger partial charge is 0.127 e. The molecule has 3 rings (SSSR count). The molecule has 1 aromatic carbocycles. The molecule has 4 heteroatoms. The van der Waals surface area contributed by atoms with E-state index in [-0.39, 0.29) is 6.04 Å². The fourth-order valence-electron chi connectivity index (χ4n) is 2.57. The first-order valence-corrected chi connectivity index (χ1v) is 8.12. The van der Waals surface area contributed by atoms with Crippen molar-refractivity contribution in [2.24, 2.45) is 0 Å². The first-order chi connectivity index (χ1) is 9.29. The summed E-state index contributed by atoms with van der Waals surface area (Å²) in [5.74, 6) is 1.08. The van der Waals surface area contributed by atoms with Gasteiger partial charge in [-0.15, -0.1) is 11.3 Å². The minimum Gasteiger partial charge on any atom is -0.493 e. The van der Waals surface area contributed by atoms with Crippen LogP contribution in [-0.4, -0.2) is 13.7 Å². The maximum atomic E-state index is 5.92. The highest BCUT2D eigenvalue weighted by Crippen LogP contribution is 2.37. The van der Waals surface area contributed by atoms with Crippen molar-refractivity contribution >= 4 is 27.3 Å². The van der Waals surface area contributed by atoms with Crippen LogP contribution in [0.5, 0.6) is 5.75 Å². The lowest BCUT2D eigenvalue weighted by Crippen LogP contribution is -2.20. The molecule has 1 aromatic heterocycles. The number of halogens is 1. The lowest BCUT2D eigenvalue weighted by molar-refractivity contribution is 0.283. The molecule has 0 saturated heterocycles. The quantitative estimate of drug-likeness (QED) is 0.908. The van der Waals surface area contributed by atoms with Crippen LogP contribution in [0.3, 0.4) is 0 Å². The number of para-hydroxylation sites is 1. The van der Waals surface area contributed by atoms with Crippen molar-refractivity contribution in [1.82, 2.24) is 5.32 Å². The van der Waals surface area contributed by atoms with Crippen molar-refractivity contribution in [2.45, 2.75) is 18.9 Å². The summed E-state index contributed by atoms with van der Waals surface area (Å²) in [5.41, 5.74) is 2.58. The molecular formula is C15H16BrNOS. The fourth-order valence-corrected chi connectivity index (χ4v) is 4.14. The van der Waals surface area contributed by atoms with Crippen molar-refractivity contribution < 1.29 is 4.74 Å². The number of hydrogen-bond acceptors (Lipinski definition) is 3. The highest BCUT2D eigenvalue weighted by molar-refractivity contribution is 9.10. The van der Waals surface area contributed by atoms with Crippen molar-refractivity contribution in [3.05, 3.63) is 50.1 Å². The van der Waals surface area contributed by atoms with Gasteiger partial charge in [0.25, 0.3) is 0 Å². The number of nitrogens with one attached hydrogen (secondary N) is 1. The van der Waals surface area contributed by atoms with Gasteiger partial charge in [0.2, 0.25) is 0 Å². The second kappa shape index (κ2) is 5.65. The zero-order valence-corrected chi connectivity index (χ0v) is 13.2. The minimum atomic E-state index is 0.198. The minimum absolute atomic E-state index is 0.198. The Balaban J connectivity index is 2.04. The summed E-state index contributed by atoms with van der Waals surface area (Å²) in [4.78, 5) is 1.30. The van der Waals surface area contributed by atoms with E-state index in [0.29, 0.717) is 0 Å². The van der Waals surface area contributed by atoms with Gasteiger partial charge < -0.3 is 10.1 Å². The number of ether oxygens (including phenoxy) is 1. The summed E-state index contributed by atoms with van der Waals surface area (Å²) in [6.45, 7) is 0.828. The Morgan fingerprint density at radius 3 is 3.05 bits per heavy atom. The predicted molar refractivity (Wildman–Crippen MR) is 83.2 cm³/mol. The molecule has 0 bridgehead atoms. The average Bonchev–Trinajstić information content (AvgIpc) is 2.86. The van der Waals surface area contributed by atoms with Crippen molar-refractivity contribution in [2.75, 3.05) is 13.7 Å². The molecule has 0 radical (unpaired) electrons. The molecule has 2 nitrogen and oxygen atoms in total. The van der Waals surface area contributed by atoms with E-state index in [1.165, 1.54) is 16.0 Å². The van der Waals surface area contributed by atoms with Gasteiger partial charge in [0.15, 0.2) is 0 Å². The van der Waals surface area contributed by atoms with Crippen LogP contribution in [0.2, 0.25) is 0 Å². The molecule has 0 amide bonds. The number of benzene rings is 1. The van der Waals surface area contributed by atoms with Gasteiger partial charge in [-0.2, -0.15) is 0 Å². The standard InChI is InChI=1S/C15H16BrNOS/c1-17-14(13-8-11(16)9-19-13)12-6-2-4-10-5-3-7-18-15(10)12/h2,4,6,8-9,14,17H,3,5,7H2,1H3. The summed E-state index contributed by atoms with van der Waals surface area (Å²) in [6, 6.07) is 8.85. The number of hydrogen-bond donors (Lipinski definition) is 1. The molecule has 2 aromatic rings. The van der Waals surface area contributed by atoms with Crippen molar-refractivity contribution in [1.29, 1.82) is 0 Å². The zero-order chi connectivity index (χ0) is 13.2. The van der Waals surface area contributed by atoms with E-state index in [2.05, 4.69) is 50.9 Å². The Morgan fingerprint density at radius 2 is 2.32 bits per heavy atom.